The van der Waals surface area contributed by atoms with Crippen molar-refractivity contribution in [1.29, 1.82) is 0 Å². The van der Waals surface area contributed by atoms with Crippen LogP contribution < -0.4 is 32.6 Å². The maximum absolute atomic E-state index is 13.0. The predicted molar refractivity (Wildman–Crippen MR) is 260 cm³/mol. The average molecular weight is 1000 g/mol. The molecule has 2 aliphatic heterocycles. The van der Waals surface area contributed by atoms with Crippen molar-refractivity contribution in [2.45, 2.75) is 141 Å². The maximum Gasteiger partial charge on any atom is 0.350 e. The van der Waals surface area contributed by atoms with Gasteiger partial charge >= 0.3 is 11.4 Å². The molecule has 2 aliphatic carbocycles. The number of nitrogens with zero attached hydrogens (tertiary/aromatic N) is 6. The van der Waals surface area contributed by atoms with Crippen molar-refractivity contribution in [2.75, 3.05) is 39.4 Å². The molecule has 3 atom stereocenters. The lowest BCUT2D eigenvalue weighted by molar-refractivity contribution is -0.0347. The highest BCUT2D eigenvalue weighted by Crippen LogP contribution is 2.28. The van der Waals surface area contributed by atoms with E-state index in [0.717, 1.165) is 103 Å². The molecule has 2 aromatic carbocycles. The summed E-state index contributed by atoms with van der Waals surface area (Å²) in [6.45, 7) is 7.97. The van der Waals surface area contributed by atoms with Crippen LogP contribution in [0.1, 0.15) is 116 Å². The number of nitrogens with one attached hydrogen (secondary N) is 4. The van der Waals surface area contributed by atoms with Gasteiger partial charge in [-0.2, -0.15) is 19.6 Å². The number of aromatic nitrogens is 6. The van der Waals surface area contributed by atoms with E-state index in [-0.39, 0.29) is 64.1 Å². The lowest BCUT2D eigenvalue weighted by Gasteiger charge is -2.28. The number of amides is 2. The summed E-state index contributed by atoms with van der Waals surface area (Å²) in [5, 5.41) is 52.3. The summed E-state index contributed by atoms with van der Waals surface area (Å²) in [6.07, 6.45) is 10.7. The molecule has 4 aromatic rings. The molecule has 2 amide bonds. The van der Waals surface area contributed by atoms with E-state index in [0.29, 0.717) is 42.6 Å². The summed E-state index contributed by atoms with van der Waals surface area (Å²) in [4.78, 5) is 51.9. The lowest BCUT2D eigenvalue weighted by Crippen LogP contribution is -2.49. The molecule has 378 valence electrons. The van der Waals surface area contributed by atoms with Crippen LogP contribution in [0.15, 0.2) is 46.0 Å². The van der Waals surface area contributed by atoms with Crippen molar-refractivity contribution in [3.63, 3.8) is 0 Å². The van der Waals surface area contributed by atoms with E-state index >= 15 is 0 Å². The Labute approximate surface area is 411 Å². The van der Waals surface area contributed by atoms with Crippen LogP contribution in [0, 0.1) is 25.7 Å². The smallest absolute Gasteiger partial charge is 0.350 e. The number of aliphatic hydroxyl groups is 3. The number of halogens is 2. The van der Waals surface area contributed by atoms with E-state index < -0.39 is 36.1 Å². The molecule has 19 nitrogen and oxygen atoms in total. The molecule has 2 saturated heterocycles. The second-order valence-corrected chi connectivity index (χ2v) is 19.5. The Kier molecular flexibility index (Phi) is 19.1. The number of carbonyl (C=O) groups is 2. The molecule has 4 aliphatic rings. The number of benzene rings is 2. The fourth-order valence-electron chi connectivity index (χ4n) is 9.09. The van der Waals surface area contributed by atoms with Crippen LogP contribution in [0.2, 0.25) is 10.0 Å². The Balaban J connectivity index is 0.000000204. The molecular formula is C48H68Cl2N10O9. The molecule has 0 bridgehead atoms. The van der Waals surface area contributed by atoms with Crippen LogP contribution in [0.4, 0.5) is 0 Å². The van der Waals surface area contributed by atoms with E-state index in [2.05, 4.69) is 31.5 Å². The van der Waals surface area contributed by atoms with Gasteiger partial charge in [-0.25, -0.2) is 9.59 Å². The zero-order chi connectivity index (χ0) is 49.0. The first-order valence-corrected chi connectivity index (χ1v) is 25.3. The Bertz CT molecular complexity index is 2450. The summed E-state index contributed by atoms with van der Waals surface area (Å²) in [7, 11) is 0. The third kappa shape index (κ3) is 13.9. The van der Waals surface area contributed by atoms with Crippen LogP contribution in [0.5, 0.6) is 0 Å². The minimum atomic E-state index is -0.955. The fourth-order valence-corrected chi connectivity index (χ4v) is 9.49. The largest absolute Gasteiger partial charge is 0.389 e. The van der Waals surface area contributed by atoms with Crippen molar-refractivity contribution < 1.29 is 34.4 Å². The van der Waals surface area contributed by atoms with Crippen molar-refractivity contribution in [1.82, 2.24) is 50.0 Å². The van der Waals surface area contributed by atoms with Gasteiger partial charge in [0.05, 0.1) is 64.0 Å². The van der Waals surface area contributed by atoms with Gasteiger partial charge < -0.3 is 46.1 Å². The molecule has 2 aromatic heterocycles. The number of aliphatic hydroxyl groups excluding tert-OH is 3. The van der Waals surface area contributed by atoms with Gasteiger partial charge in [-0.3, -0.25) is 18.7 Å². The monoisotopic (exact) mass is 998 g/mol. The summed E-state index contributed by atoms with van der Waals surface area (Å²) < 4.78 is 16.7. The molecule has 4 fully saturated rings. The quantitative estimate of drug-likeness (QED) is 0.0428. The molecule has 2 saturated carbocycles. The van der Waals surface area contributed by atoms with Gasteiger partial charge in [0, 0.05) is 51.2 Å². The van der Waals surface area contributed by atoms with Crippen LogP contribution in [-0.2, 0) is 22.6 Å². The Morgan fingerprint density at radius 2 is 1.12 bits per heavy atom. The molecule has 4 heterocycles. The molecule has 0 radical (unpaired) electrons. The molecule has 8 rings (SSSR count). The second kappa shape index (κ2) is 25.1. The van der Waals surface area contributed by atoms with Crippen LogP contribution in [0.25, 0.3) is 11.4 Å². The third-order valence-electron chi connectivity index (χ3n) is 13.5. The van der Waals surface area contributed by atoms with Crippen molar-refractivity contribution in [2.24, 2.45) is 11.8 Å². The highest BCUT2D eigenvalue weighted by Gasteiger charge is 2.27. The fraction of sp³-hybridized carbons (Fsp3) is 0.625. The summed E-state index contributed by atoms with van der Waals surface area (Å²) >= 11 is 12.6. The normalized spacial score (nSPS) is 18.7. The standard InChI is InChI=1S/C24H34ClN5O5.C24H34ClN5O4/c1-15-28-30(24(34)29(15)13-18(31)14-35-19-11-26-12-19)17-8-9-21(25)20(10-17)23(33)27-22(32)16-6-4-2-3-5-7-16;1-16-28-30(24(33)29(16)11-6-12-34-19-14-26-15-19)18-9-10-21(25)20(13-18)23(32)27-22(31)17-7-4-2-3-5-8-17/h8-10,16,18-19,22,26,31-32H,2-7,11-14H2,1H3,(H,27,33);9-10,13,17,19,22,26,31H,2-8,11-12,14-15H2,1H3,(H,27,32). The minimum absolute atomic E-state index is 0.0142. The number of carbonyl (C=O) groups excluding carboxylic acids is 2. The predicted octanol–water partition coefficient (Wildman–Crippen LogP) is 3.76. The highest BCUT2D eigenvalue weighted by molar-refractivity contribution is 6.34. The lowest BCUT2D eigenvalue weighted by atomic mass is 9.98. The molecular weight excluding hydrogens is 931 g/mol. The average Bonchev–Trinajstić information content (AvgIpc) is 3.53. The van der Waals surface area contributed by atoms with E-state index in [1.54, 1.807) is 42.7 Å². The van der Waals surface area contributed by atoms with Gasteiger partial charge in [0.15, 0.2) is 0 Å². The number of hydrogen-bond donors (Lipinski definition) is 7. The summed E-state index contributed by atoms with van der Waals surface area (Å²) in [6, 6.07) is 9.39. The van der Waals surface area contributed by atoms with Crippen LogP contribution in [-0.4, -0.2) is 126 Å². The van der Waals surface area contributed by atoms with E-state index in [1.807, 2.05) is 0 Å². The molecule has 69 heavy (non-hydrogen) atoms. The maximum atomic E-state index is 13.0. The Hall–Kier alpha value is -4.44. The second-order valence-electron chi connectivity index (χ2n) is 18.7. The van der Waals surface area contributed by atoms with Crippen molar-refractivity contribution in [3.05, 3.63) is 90.2 Å². The van der Waals surface area contributed by atoms with Crippen LogP contribution >= 0.6 is 23.2 Å². The Morgan fingerprint density at radius 1 is 0.681 bits per heavy atom. The summed E-state index contributed by atoms with van der Waals surface area (Å²) in [5.74, 6) is 0.0923. The van der Waals surface area contributed by atoms with Gasteiger partial charge in [-0.1, -0.05) is 74.6 Å². The molecule has 21 heteroatoms. The molecule has 7 N–H and O–H groups in total. The topological polar surface area (TPSA) is 241 Å². The highest BCUT2D eigenvalue weighted by atomic mass is 35.5. The van der Waals surface area contributed by atoms with Gasteiger partial charge in [-0.15, -0.1) is 0 Å². The number of ether oxygens (including phenoxy) is 2. The number of aryl methyl sites for hydroxylation is 2. The van der Waals surface area contributed by atoms with Crippen molar-refractivity contribution >= 4 is 35.0 Å². The SMILES string of the molecule is Cc1nn(-c2ccc(Cl)c(C(=O)NC(O)C3CCCCCC3)c2)c(=O)n1CC(O)COC1CNC1.Cc1nn(-c2ccc(Cl)c(C(=O)NC(O)C3CCCCCC3)c2)c(=O)n1CCCOC1CNC1. The summed E-state index contributed by atoms with van der Waals surface area (Å²) in [5.41, 5.74) is 0.435. The van der Waals surface area contributed by atoms with E-state index in [1.165, 1.54) is 26.1 Å². The number of rotatable bonds is 18. The number of hydrogen-bond acceptors (Lipinski definition) is 13. The molecule has 3 unspecified atom stereocenters. The first kappa shape index (κ1) is 52.4. The first-order valence-electron chi connectivity index (χ1n) is 24.5. The Morgan fingerprint density at radius 3 is 1.57 bits per heavy atom. The minimum Gasteiger partial charge on any atom is -0.389 e. The van der Waals surface area contributed by atoms with Crippen LogP contribution in [0.3, 0.4) is 0 Å². The zero-order valence-electron chi connectivity index (χ0n) is 39.6. The van der Waals surface area contributed by atoms with Gasteiger partial charge in [0.2, 0.25) is 0 Å². The van der Waals surface area contributed by atoms with E-state index in [9.17, 15) is 34.5 Å². The molecule has 0 spiro atoms. The van der Waals surface area contributed by atoms with E-state index in [4.69, 9.17) is 32.7 Å². The first-order chi connectivity index (χ1) is 33.3. The van der Waals surface area contributed by atoms with Gasteiger partial charge in [-0.05, 0) is 82.3 Å². The zero-order valence-corrected chi connectivity index (χ0v) is 41.1. The van der Waals surface area contributed by atoms with Crippen molar-refractivity contribution in [3.8, 4) is 11.4 Å². The third-order valence-corrected chi connectivity index (χ3v) is 14.2. The van der Waals surface area contributed by atoms with Gasteiger partial charge in [0.25, 0.3) is 11.8 Å². The van der Waals surface area contributed by atoms with Gasteiger partial charge in [0.1, 0.15) is 24.1 Å².